The Balaban J connectivity index is 0.000000584. The van der Waals surface area contributed by atoms with Crippen LogP contribution >= 0.6 is 12.6 Å². The van der Waals surface area contributed by atoms with E-state index < -0.39 is 11.7 Å². The van der Waals surface area contributed by atoms with Gasteiger partial charge in [0.05, 0.1) is 11.0 Å². The van der Waals surface area contributed by atoms with E-state index in [-0.39, 0.29) is 21.9 Å². The van der Waals surface area contributed by atoms with Crippen molar-refractivity contribution in [1.82, 2.24) is 0 Å². The Morgan fingerprint density at radius 2 is 1.52 bits per heavy atom. The average Bonchev–Trinajstić information content (AvgIpc) is 3.18. The number of Topliss-reactive ketones (excluding diaryl/α,β-unsaturated/α-hetero) is 1. The number of carbonyl (C=O) groups is 2. The Hall–Kier alpha value is -1.31. The van der Waals surface area contributed by atoms with Crippen LogP contribution in [-0.2, 0) is 19.7 Å². The van der Waals surface area contributed by atoms with Gasteiger partial charge in [-0.15, -0.1) is 0 Å². The van der Waals surface area contributed by atoms with E-state index in [1.165, 1.54) is 51.0 Å². The summed E-state index contributed by atoms with van der Waals surface area (Å²) in [7, 11) is 1.84. The Morgan fingerprint density at radius 3 is 1.91 bits per heavy atom. The Kier molecular flexibility index (Phi) is 18.2. The molecule has 1 radical (unpaired) electrons. The number of ketones is 1. The zero-order valence-corrected chi connectivity index (χ0v) is 32.6. The minimum atomic E-state index is -0.796. The van der Waals surface area contributed by atoms with E-state index in [0.29, 0.717) is 11.9 Å². The maximum Gasteiger partial charge on any atom is 0.330 e. The lowest BCUT2D eigenvalue weighted by Crippen LogP contribution is -2.50. The molecule has 2 aliphatic rings. The molecule has 0 bridgehead atoms. The van der Waals surface area contributed by atoms with E-state index >= 15 is 0 Å². The molecule has 3 rings (SSSR count). The third kappa shape index (κ3) is 11.4. The first-order valence-electron chi connectivity index (χ1n) is 18.4. The monoisotopic (exact) mass is 659 g/mol. The van der Waals surface area contributed by atoms with Gasteiger partial charge in [0.25, 0.3) is 0 Å². The van der Waals surface area contributed by atoms with Crippen molar-refractivity contribution in [1.29, 1.82) is 0 Å². The number of anilines is 1. The van der Waals surface area contributed by atoms with Crippen molar-refractivity contribution in [2.24, 2.45) is 11.8 Å². The van der Waals surface area contributed by atoms with Crippen LogP contribution in [0.1, 0.15) is 166 Å². The van der Waals surface area contributed by atoms with Gasteiger partial charge in [-0.3, -0.25) is 9.59 Å². The molecule has 1 heterocycles. The van der Waals surface area contributed by atoms with Crippen LogP contribution in [-0.4, -0.2) is 46.8 Å². The number of benzene rings is 1. The number of hydrogen-bond acceptors (Lipinski definition) is 5. The number of nitrogens with zero attached hydrogens (tertiary/aromatic N) is 1. The van der Waals surface area contributed by atoms with Crippen LogP contribution in [0.5, 0.6) is 0 Å². The highest BCUT2D eigenvalue weighted by Crippen LogP contribution is 2.51. The van der Waals surface area contributed by atoms with Crippen LogP contribution in [0.2, 0.25) is 0 Å². The summed E-state index contributed by atoms with van der Waals surface area (Å²) >= 11 is 4.71. The fourth-order valence-electron chi connectivity index (χ4n) is 6.27. The SMILES string of the molecule is CC(C)C(=O)C(C)O.CCCC1(CCC)C(=O)N(C2CC(CC)C2)c2cc([B]OC(C)(C)C(C)(C)S)ccc21.CCCCCCC. The van der Waals surface area contributed by atoms with Crippen molar-refractivity contribution in [3.8, 4) is 0 Å². The van der Waals surface area contributed by atoms with Crippen LogP contribution in [0.4, 0.5) is 5.69 Å². The molecule has 1 amide bonds. The molecular weight excluding hydrogens is 589 g/mol. The maximum absolute atomic E-state index is 13.9. The third-order valence-electron chi connectivity index (χ3n) is 10.1. The van der Waals surface area contributed by atoms with E-state index in [1.807, 2.05) is 7.48 Å². The molecule has 7 heteroatoms. The van der Waals surface area contributed by atoms with Gasteiger partial charge in [0, 0.05) is 22.4 Å². The fraction of sp³-hybridized carbons (Fsp3) is 0.795. The first-order chi connectivity index (χ1) is 21.5. The summed E-state index contributed by atoms with van der Waals surface area (Å²) in [6.45, 7) is 24.4. The summed E-state index contributed by atoms with van der Waals surface area (Å²) in [6.07, 6.45) is 13.6. The van der Waals surface area contributed by atoms with Crippen molar-refractivity contribution in [3.63, 3.8) is 0 Å². The molecule has 1 atom stereocenters. The second-order valence-electron chi connectivity index (χ2n) is 15.0. The normalized spacial score (nSPS) is 19.4. The first kappa shape index (κ1) is 42.7. The molecule has 0 spiro atoms. The van der Waals surface area contributed by atoms with Gasteiger partial charge in [-0.1, -0.05) is 117 Å². The Morgan fingerprint density at radius 1 is 0.978 bits per heavy atom. The standard InChI is InChI=1S/C26H41BNO2S.C7H16.C6H12O2/c1-8-13-26(14-9-2)21-12-11-19(27-30-24(4,5)25(6,7)31)17-22(21)28(23(26)29)20-15-18(10-3)16-20;1-3-5-7-6-4-2;1-4(2)6(8)5(3)7/h11-12,17-18,20,31H,8-10,13-16H2,1-7H3;3-7H2,1-2H3;4-5,7H,1-3H3. The van der Waals surface area contributed by atoms with Crippen molar-refractivity contribution in [3.05, 3.63) is 23.8 Å². The van der Waals surface area contributed by atoms with Crippen LogP contribution in [0.15, 0.2) is 18.2 Å². The second kappa shape index (κ2) is 19.6. The number of rotatable bonds is 16. The van der Waals surface area contributed by atoms with Crippen molar-refractivity contribution < 1.29 is 19.3 Å². The molecule has 0 aromatic heterocycles. The molecular formula is C39H69BNO4S. The molecule has 1 aromatic rings. The number of unbranched alkanes of at least 4 members (excludes halogenated alkanes) is 4. The Bertz CT molecular complexity index is 1040. The van der Waals surface area contributed by atoms with Gasteiger partial charge < -0.3 is 14.7 Å². The topological polar surface area (TPSA) is 66.8 Å². The molecule has 1 fully saturated rings. The smallest absolute Gasteiger partial charge is 0.330 e. The maximum atomic E-state index is 13.9. The predicted octanol–water partition coefficient (Wildman–Crippen LogP) is 9.38. The summed E-state index contributed by atoms with van der Waals surface area (Å²) in [5.41, 5.74) is 2.58. The largest absolute Gasteiger partial charge is 0.428 e. The van der Waals surface area contributed by atoms with Crippen LogP contribution in [0, 0.1) is 11.8 Å². The molecule has 46 heavy (non-hydrogen) atoms. The quantitative estimate of drug-likeness (QED) is 0.106. The van der Waals surface area contributed by atoms with Gasteiger partial charge in [-0.2, -0.15) is 12.6 Å². The number of amides is 1. The van der Waals surface area contributed by atoms with Gasteiger partial charge >= 0.3 is 7.48 Å². The number of hydrogen-bond donors (Lipinski definition) is 2. The first-order valence-corrected chi connectivity index (χ1v) is 18.9. The van der Waals surface area contributed by atoms with Gasteiger partial charge in [0.15, 0.2) is 5.78 Å². The zero-order valence-electron chi connectivity index (χ0n) is 31.7. The minimum Gasteiger partial charge on any atom is -0.428 e. The van der Waals surface area contributed by atoms with E-state index in [4.69, 9.17) is 22.4 Å². The molecule has 5 nitrogen and oxygen atoms in total. The van der Waals surface area contributed by atoms with Gasteiger partial charge in [0.1, 0.15) is 6.10 Å². The average molecular weight is 659 g/mol. The summed E-state index contributed by atoms with van der Waals surface area (Å²) in [6, 6.07) is 6.84. The highest BCUT2D eigenvalue weighted by Gasteiger charge is 2.53. The summed E-state index contributed by atoms with van der Waals surface area (Å²) in [4.78, 5) is 26.7. The number of carbonyl (C=O) groups excluding carboxylic acids is 2. The summed E-state index contributed by atoms with van der Waals surface area (Å²) < 4.78 is 5.90. The summed E-state index contributed by atoms with van der Waals surface area (Å²) in [5, 5.41) is 8.64. The van der Waals surface area contributed by atoms with Crippen molar-refractivity contribution in [2.45, 2.75) is 188 Å². The van der Waals surface area contributed by atoms with Gasteiger partial charge in [-0.05, 0) is 77.8 Å². The molecule has 1 saturated carbocycles. The minimum absolute atomic E-state index is 0.0463. The van der Waals surface area contributed by atoms with E-state index in [0.717, 1.165) is 55.6 Å². The predicted molar refractivity (Wildman–Crippen MR) is 202 cm³/mol. The van der Waals surface area contributed by atoms with Crippen molar-refractivity contribution >= 4 is 43.0 Å². The fourth-order valence-corrected chi connectivity index (χ4v) is 6.32. The number of aliphatic hydroxyl groups is 1. The van der Waals surface area contributed by atoms with E-state index in [9.17, 15) is 9.59 Å². The van der Waals surface area contributed by atoms with Crippen LogP contribution < -0.4 is 10.4 Å². The zero-order chi connectivity index (χ0) is 35.3. The molecule has 1 N–H and O–H groups in total. The summed E-state index contributed by atoms with van der Waals surface area (Å²) in [5.74, 6) is 0.950. The Labute approximate surface area is 290 Å². The number of aliphatic hydroxyl groups excluding tert-OH is 1. The second-order valence-corrected chi connectivity index (χ2v) is 16.2. The van der Waals surface area contributed by atoms with Gasteiger partial charge in [-0.25, -0.2) is 0 Å². The van der Waals surface area contributed by atoms with E-state index in [1.54, 1.807) is 13.8 Å². The lowest BCUT2D eigenvalue weighted by Gasteiger charge is -2.42. The molecule has 1 unspecified atom stereocenters. The van der Waals surface area contributed by atoms with Crippen LogP contribution in [0.25, 0.3) is 0 Å². The van der Waals surface area contributed by atoms with Gasteiger partial charge in [0.2, 0.25) is 5.91 Å². The molecule has 0 saturated heterocycles. The molecule has 263 valence electrons. The highest BCUT2D eigenvalue weighted by atomic mass is 32.1. The molecule has 1 aromatic carbocycles. The molecule has 1 aliphatic carbocycles. The van der Waals surface area contributed by atoms with Crippen LogP contribution in [0.3, 0.4) is 0 Å². The molecule has 1 aliphatic heterocycles. The highest BCUT2D eigenvalue weighted by molar-refractivity contribution is 7.81. The lowest BCUT2D eigenvalue weighted by molar-refractivity contribution is -0.129. The van der Waals surface area contributed by atoms with E-state index in [2.05, 4.69) is 85.4 Å². The third-order valence-corrected chi connectivity index (χ3v) is 10.6. The lowest BCUT2D eigenvalue weighted by atomic mass is 9.73. The number of fused-ring (bicyclic) bond motifs is 1. The van der Waals surface area contributed by atoms with Crippen molar-refractivity contribution in [2.75, 3.05) is 4.90 Å². The number of thiol groups is 1.